The third-order valence-corrected chi connectivity index (χ3v) is 4.71. The maximum atomic E-state index is 5.47. The molecule has 2 aromatic rings. The third-order valence-electron chi connectivity index (χ3n) is 4.71. The second-order valence-electron chi connectivity index (χ2n) is 6.49. The fraction of sp³-hybridized carbons (Fsp3) is 0.588. The predicted octanol–water partition coefficient (Wildman–Crippen LogP) is 1.95. The number of aryl methyl sites for hydroxylation is 1. The molecule has 1 unspecified atom stereocenters. The maximum Gasteiger partial charge on any atom is 0.225 e. The van der Waals surface area contributed by atoms with Gasteiger partial charge in [-0.05, 0) is 26.3 Å². The lowest BCUT2D eigenvalue weighted by Gasteiger charge is -2.27. The van der Waals surface area contributed by atoms with Gasteiger partial charge in [-0.2, -0.15) is 0 Å². The zero-order valence-electron chi connectivity index (χ0n) is 14.0. The SMILES string of the molecule is Cc1cc(C2CCCN2Cc2cnc(N3CCOCC3)nc2)on1. The van der Waals surface area contributed by atoms with Crippen molar-refractivity contribution in [2.75, 3.05) is 37.7 Å². The van der Waals surface area contributed by atoms with Crippen LogP contribution in [0.1, 0.15) is 35.9 Å². The molecule has 0 radical (unpaired) electrons. The van der Waals surface area contributed by atoms with Crippen LogP contribution in [-0.4, -0.2) is 52.9 Å². The Morgan fingerprint density at radius 2 is 1.96 bits per heavy atom. The van der Waals surface area contributed by atoms with E-state index in [1.807, 2.05) is 25.4 Å². The summed E-state index contributed by atoms with van der Waals surface area (Å²) in [6.45, 7) is 7.08. The molecular weight excluding hydrogens is 306 g/mol. The van der Waals surface area contributed by atoms with E-state index in [1.165, 1.54) is 6.42 Å². The number of rotatable bonds is 4. The Kier molecular flexibility index (Phi) is 4.44. The van der Waals surface area contributed by atoms with Crippen molar-refractivity contribution in [2.24, 2.45) is 0 Å². The molecule has 0 N–H and O–H groups in total. The summed E-state index contributed by atoms with van der Waals surface area (Å²) in [6, 6.07) is 2.35. The van der Waals surface area contributed by atoms with Gasteiger partial charge in [0.15, 0.2) is 5.76 Å². The zero-order valence-corrected chi connectivity index (χ0v) is 14.0. The van der Waals surface area contributed by atoms with Crippen molar-refractivity contribution in [3.8, 4) is 0 Å². The first kappa shape index (κ1) is 15.5. The minimum Gasteiger partial charge on any atom is -0.378 e. The summed E-state index contributed by atoms with van der Waals surface area (Å²) >= 11 is 0. The molecular formula is C17H23N5O2. The van der Waals surface area contributed by atoms with E-state index in [0.29, 0.717) is 6.04 Å². The molecule has 0 spiro atoms. The predicted molar refractivity (Wildman–Crippen MR) is 88.7 cm³/mol. The van der Waals surface area contributed by atoms with Crippen LogP contribution in [0.15, 0.2) is 23.0 Å². The summed E-state index contributed by atoms with van der Waals surface area (Å²) in [5, 5.41) is 4.02. The van der Waals surface area contributed by atoms with E-state index < -0.39 is 0 Å². The average Bonchev–Trinajstić information content (AvgIpc) is 3.25. The van der Waals surface area contributed by atoms with Gasteiger partial charge in [0.25, 0.3) is 0 Å². The molecule has 2 saturated heterocycles. The topological polar surface area (TPSA) is 67.5 Å². The number of likely N-dealkylation sites (tertiary alicyclic amines) is 1. The molecule has 4 rings (SSSR count). The van der Waals surface area contributed by atoms with Gasteiger partial charge in [0.2, 0.25) is 5.95 Å². The highest BCUT2D eigenvalue weighted by atomic mass is 16.5. The number of hydrogen-bond donors (Lipinski definition) is 0. The number of ether oxygens (including phenoxy) is 1. The van der Waals surface area contributed by atoms with Gasteiger partial charge in [0.05, 0.1) is 24.9 Å². The lowest BCUT2D eigenvalue weighted by atomic mass is 10.1. The van der Waals surface area contributed by atoms with Crippen LogP contribution >= 0.6 is 0 Å². The second kappa shape index (κ2) is 6.86. The summed E-state index contributed by atoms with van der Waals surface area (Å²) in [4.78, 5) is 13.7. The van der Waals surface area contributed by atoms with E-state index in [1.54, 1.807) is 0 Å². The zero-order chi connectivity index (χ0) is 16.4. The molecule has 24 heavy (non-hydrogen) atoms. The standard InChI is InChI=1S/C17H23N5O2/c1-13-9-16(24-20-13)15-3-2-4-22(15)12-14-10-18-17(19-11-14)21-5-7-23-8-6-21/h9-11,15H,2-8,12H2,1H3. The van der Waals surface area contributed by atoms with Crippen molar-refractivity contribution < 1.29 is 9.26 Å². The van der Waals surface area contributed by atoms with Gasteiger partial charge in [-0.1, -0.05) is 5.16 Å². The van der Waals surface area contributed by atoms with Gasteiger partial charge < -0.3 is 14.2 Å². The molecule has 0 aromatic carbocycles. The van der Waals surface area contributed by atoms with E-state index in [2.05, 4.69) is 24.9 Å². The molecule has 1 atom stereocenters. The first-order valence-electron chi connectivity index (χ1n) is 8.60. The average molecular weight is 329 g/mol. The molecule has 0 aliphatic carbocycles. The Labute approximate surface area is 141 Å². The fourth-order valence-electron chi connectivity index (χ4n) is 3.47. The summed E-state index contributed by atoms with van der Waals surface area (Å²) in [6.07, 6.45) is 6.18. The second-order valence-corrected chi connectivity index (χ2v) is 6.49. The number of anilines is 1. The Balaban J connectivity index is 1.42. The minimum absolute atomic E-state index is 0.310. The molecule has 7 nitrogen and oxygen atoms in total. The molecule has 2 aliphatic heterocycles. The monoisotopic (exact) mass is 329 g/mol. The highest BCUT2D eigenvalue weighted by molar-refractivity contribution is 5.30. The molecule has 0 amide bonds. The van der Waals surface area contributed by atoms with Gasteiger partial charge in [-0.15, -0.1) is 0 Å². The van der Waals surface area contributed by atoms with E-state index in [9.17, 15) is 0 Å². The van der Waals surface area contributed by atoms with Crippen LogP contribution in [0.4, 0.5) is 5.95 Å². The molecule has 4 heterocycles. The van der Waals surface area contributed by atoms with Gasteiger partial charge in [0, 0.05) is 43.7 Å². The number of morpholine rings is 1. The lowest BCUT2D eigenvalue weighted by molar-refractivity contribution is 0.122. The quantitative estimate of drug-likeness (QED) is 0.849. The van der Waals surface area contributed by atoms with E-state index >= 15 is 0 Å². The Bertz CT molecular complexity index is 666. The lowest BCUT2D eigenvalue weighted by Crippen LogP contribution is -2.37. The Morgan fingerprint density at radius 3 is 2.67 bits per heavy atom. The van der Waals surface area contributed by atoms with E-state index in [0.717, 1.165) is 68.8 Å². The van der Waals surface area contributed by atoms with E-state index in [4.69, 9.17) is 9.26 Å². The number of aromatic nitrogens is 3. The normalized spacial score (nSPS) is 22.2. The Morgan fingerprint density at radius 1 is 1.17 bits per heavy atom. The van der Waals surface area contributed by atoms with Gasteiger partial charge in [-0.25, -0.2) is 9.97 Å². The molecule has 7 heteroatoms. The number of nitrogens with zero attached hydrogens (tertiary/aromatic N) is 5. The van der Waals surface area contributed by atoms with Crippen molar-refractivity contribution in [1.82, 2.24) is 20.0 Å². The minimum atomic E-state index is 0.310. The van der Waals surface area contributed by atoms with Crippen molar-refractivity contribution in [1.29, 1.82) is 0 Å². The van der Waals surface area contributed by atoms with Crippen molar-refractivity contribution in [2.45, 2.75) is 32.4 Å². The smallest absolute Gasteiger partial charge is 0.225 e. The van der Waals surface area contributed by atoms with Crippen molar-refractivity contribution in [3.05, 3.63) is 35.5 Å². The van der Waals surface area contributed by atoms with Crippen LogP contribution in [0, 0.1) is 6.92 Å². The summed E-state index contributed by atoms with van der Waals surface area (Å²) in [5.41, 5.74) is 2.07. The highest BCUT2D eigenvalue weighted by Crippen LogP contribution is 2.33. The molecule has 128 valence electrons. The largest absolute Gasteiger partial charge is 0.378 e. The fourth-order valence-corrected chi connectivity index (χ4v) is 3.47. The molecule has 2 aromatic heterocycles. The van der Waals surface area contributed by atoms with E-state index in [-0.39, 0.29) is 0 Å². The van der Waals surface area contributed by atoms with Gasteiger partial charge in [0.1, 0.15) is 0 Å². The number of hydrogen-bond acceptors (Lipinski definition) is 7. The van der Waals surface area contributed by atoms with Gasteiger partial charge >= 0.3 is 0 Å². The van der Waals surface area contributed by atoms with Crippen molar-refractivity contribution in [3.63, 3.8) is 0 Å². The van der Waals surface area contributed by atoms with Crippen LogP contribution in [0.5, 0.6) is 0 Å². The summed E-state index contributed by atoms with van der Waals surface area (Å²) in [7, 11) is 0. The van der Waals surface area contributed by atoms with Crippen molar-refractivity contribution >= 4 is 5.95 Å². The Hall–Kier alpha value is -1.99. The molecule has 2 aliphatic rings. The maximum absolute atomic E-state index is 5.47. The molecule has 0 bridgehead atoms. The van der Waals surface area contributed by atoms with Crippen LogP contribution in [0.2, 0.25) is 0 Å². The van der Waals surface area contributed by atoms with Crippen LogP contribution in [0.3, 0.4) is 0 Å². The molecule has 2 fully saturated rings. The third kappa shape index (κ3) is 3.27. The first-order valence-corrected chi connectivity index (χ1v) is 8.60. The molecule has 0 saturated carbocycles. The summed E-state index contributed by atoms with van der Waals surface area (Å²) < 4.78 is 10.8. The first-order chi connectivity index (χ1) is 11.8. The van der Waals surface area contributed by atoms with Crippen LogP contribution in [0.25, 0.3) is 0 Å². The van der Waals surface area contributed by atoms with Crippen LogP contribution in [-0.2, 0) is 11.3 Å². The highest BCUT2D eigenvalue weighted by Gasteiger charge is 2.29. The van der Waals surface area contributed by atoms with Gasteiger partial charge in [-0.3, -0.25) is 4.90 Å². The summed E-state index contributed by atoms with van der Waals surface area (Å²) in [5.74, 6) is 1.77. The van der Waals surface area contributed by atoms with Crippen LogP contribution < -0.4 is 4.90 Å².